The molecule has 1 aliphatic rings. The Morgan fingerprint density at radius 3 is 2.41 bits per heavy atom. The van der Waals surface area contributed by atoms with E-state index in [1.54, 1.807) is 25.1 Å². The summed E-state index contributed by atoms with van der Waals surface area (Å²) in [6.45, 7) is 5.61. The number of hydrogen-bond donors (Lipinski definition) is 1. The number of benzene rings is 3. The van der Waals surface area contributed by atoms with Gasteiger partial charge < -0.3 is 10.1 Å². The summed E-state index contributed by atoms with van der Waals surface area (Å²) in [4.78, 5) is 17.0. The normalized spacial score (nSPS) is 13.3. The molecule has 0 saturated heterocycles. The van der Waals surface area contributed by atoms with Crippen molar-refractivity contribution in [2.45, 2.75) is 18.9 Å². The first kappa shape index (κ1) is 22.1. The first-order valence-electron chi connectivity index (χ1n) is 11.0. The van der Waals surface area contributed by atoms with Gasteiger partial charge in [0.25, 0.3) is 0 Å². The SMILES string of the molecule is C=Cc1nc([C@H](C)NC(=O)OCC2c3ccccc3-c3ccccc32)c(F)c2cccc(Cl)c12. The molecule has 0 bridgehead atoms. The summed E-state index contributed by atoms with van der Waals surface area (Å²) in [7, 11) is 0. The largest absolute Gasteiger partial charge is 0.449 e. The average Bonchev–Trinajstić information content (AvgIpc) is 3.17. The van der Waals surface area contributed by atoms with E-state index in [4.69, 9.17) is 16.3 Å². The fourth-order valence-electron chi connectivity index (χ4n) is 4.66. The Bertz CT molecular complexity index is 1390. The van der Waals surface area contributed by atoms with Crippen molar-refractivity contribution in [3.8, 4) is 11.1 Å². The number of aromatic nitrogens is 1. The van der Waals surface area contributed by atoms with Crippen LogP contribution in [0.3, 0.4) is 0 Å². The van der Waals surface area contributed by atoms with Crippen molar-refractivity contribution in [1.82, 2.24) is 10.3 Å². The molecule has 1 N–H and O–H groups in total. The predicted octanol–water partition coefficient (Wildman–Crippen LogP) is 7.27. The Kier molecular flexibility index (Phi) is 5.80. The number of nitrogens with one attached hydrogen (secondary N) is 1. The van der Waals surface area contributed by atoms with Crippen LogP contribution in [0.15, 0.2) is 73.3 Å². The number of alkyl carbamates (subject to hydrolysis) is 1. The van der Waals surface area contributed by atoms with Gasteiger partial charge in [0, 0.05) is 16.7 Å². The molecule has 1 aliphatic carbocycles. The van der Waals surface area contributed by atoms with Crippen LogP contribution in [0.25, 0.3) is 28.0 Å². The first-order valence-corrected chi connectivity index (χ1v) is 11.4. The Morgan fingerprint density at radius 2 is 1.76 bits per heavy atom. The van der Waals surface area contributed by atoms with Crippen LogP contribution >= 0.6 is 11.6 Å². The minimum absolute atomic E-state index is 0.0569. The molecular formula is C28H22ClFN2O2. The second kappa shape index (κ2) is 8.92. The van der Waals surface area contributed by atoms with Gasteiger partial charge in [0.05, 0.1) is 22.5 Å². The van der Waals surface area contributed by atoms with E-state index in [1.807, 2.05) is 24.3 Å². The molecule has 34 heavy (non-hydrogen) atoms. The zero-order valence-electron chi connectivity index (χ0n) is 18.5. The minimum Gasteiger partial charge on any atom is -0.449 e. The smallest absolute Gasteiger partial charge is 0.407 e. The fraction of sp³-hybridized carbons (Fsp3) is 0.143. The summed E-state index contributed by atoms with van der Waals surface area (Å²) in [5.41, 5.74) is 5.10. The number of fused-ring (bicyclic) bond motifs is 4. The van der Waals surface area contributed by atoms with Gasteiger partial charge >= 0.3 is 6.09 Å². The number of carbonyl (C=O) groups excluding carboxylic acids is 1. The molecule has 5 rings (SSSR count). The van der Waals surface area contributed by atoms with Crippen molar-refractivity contribution in [2.75, 3.05) is 6.61 Å². The van der Waals surface area contributed by atoms with E-state index in [0.717, 1.165) is 22.3 Å². The molecule has 170 valence electrons. The fourth-order valence-corrected chi connectivity index (χ4v) is 4.93. The van der Waals surface area contributed by atoms with Gasteiger partial charge in [0.1, 0.15) is 6.61 Å². The highest BCUT2D eigenvalue weighted by molar-refractivity contribution is 6.36. The third kappa shape index (κ3) is 3.72. The minimum atomic E-state index is -0.724. The summed E-state index contributed by atoms with van der Waals surface area (Å²) < 4.78 is 20.9. The number of halogens is 2. The van der Waals surface area contributed by atoms with Gasteiger partial charge in [-0.3, -0.25) is 0 Å². The molecule has 1 heterocycles. The lowest BCUT2D eigenvalue weighted by molar-refractivity contribution is 0.139. The van der Waals surface area contributed by atoms with Crippen LogP contribution < -0.4 is 5.32 Å². The van der Waals surface area contributed by atoms with Crippen molar-refractivity contribution in [3.63, 3.8) is 0 Å². The Morgan fingerprint density at radius 1 is 1.12 bits per heavy atom. The lowest BCUT2D eigenvalue weighted by Gasteiger charge is -2.18. The van der Waals surface area contributed by atoms with E-state index in [2.05, 4.69) is 41.1 Å². The van der Waals surface area contributed by atoms with Crippen LogP contribution in [0, 0.1) is 5.82 Å². The topological polar surface area (TPSA) is 51.2 Å². The van der Waals surface area contributed by atoms with E-state index in [1.165, 1.54) is 6.08 Å². The molecule has 3 aromatic carbocycles. The van der Waals surface area contributed by atoms with Gasteiger partial charge in [-0.25, -0.2) is 14.2 Å². The summed E-state index contributed by atoms with van der Waals surface area (Å²) in [5, 5.41) is 3.92. The van der Waals surface area contributed by atoms with Crippen LogP contribution in [0.1, 0.15) is 41.4 Å². The molecule has 0 unspecified atom stereocenters. The van der Waals surface area contributed by atoms with Gasteiger partial charge in [-0.2, -0.15) is 0 Å². The molecule has 0 aliphatic heterocycles. The third-order valence-electron chi connectivity index (χ3n) is 6.25. The van der Waals surface area contributed by atoms with Crippen molar-refractivity contribution >= 4 is 34.5 Å². The Labute approximate surface area is 202 Å². The maximum atomic E-state index is 15.3. The summed E-state index contributed by atoms with van der Waals surface area (Å²) >= 11 is 6.26. The lowest BCUT2D eigenvalue weighted by atomic mass is 9.98. The van der Waals surface area contributed by atoms with Gasteiger partial charge in [0.15, 0.2) is 5.82 Å². The van der Waals surface area contributed by atoms with Crippen LogP contribution in [-0.4, -0.2) is 17.7 Å². The lowest BCUT2D eigenvalue weighted by Crippen LogP contribution is -2.30. The second-order valence-electron chi connectivity index (χ2n) is 8.25. The van der Waals surface area contributed by atoms with Crippen LogP contribution in [0.2, 0.25) is 5.02 Å². The third-order valence-corrected chi connectivity index (χ3v) is 6.57. The van der Waals surface area contributed by atoms with Crippen molar-refractivity contribution in [1.29, 1.82) is 0 Å². The first-order chi connectivity index (χ1) is 16.5. The summed E-state index contributed by atoms with van der Waals surface area (Å²) in [6, 6.07) is 20.5. The molecule has 4 aromatic rings. The molecule has 0 fully saturated rings. The molecular weight excluding hydrogens is 451 g/mol. The van der Waals surface area contributed by atoms with Crippen molar-refractivity contribution in [3.05, 3.63) is 107 Å². The number of nitrogens with zero attached hydrogens (tertiary/aromatic N) is 1. The van der Waals surface area contributed by atoms with Gasteiger partial charge in [-0.1, -0.05) is 78.8 Å². The Hall–Kier alpha value is -3.70. The summed E-state index contributed by atoms with van der Waals surface area (Å²) in [5.74, 6) is -0.590. The maximum Gasteiger partial charge on any atom is 0.407 e. The van der Waals surface area contributed by atoms with Crippen molar-refractivity contribution in [2.24, 2.45) is 0 Å². The standard InChI is InChI=1S/C28H22ClFN2O2/c1-3-24-25-21(13-8-14-23(25)29)26(30)27(32-24)16(2)31-28(33)34-15-22-19-11-6-4-9-17(19)18-10-5-7-12-20(18)22/h3-14,16,22H,1,15H2,2H3,(H,31,33)/t16-/m0/s1. The highest BCUT2D eigenvalue weighted by Crippen LogP contribution is 2.44. The molecule has 0 spiro atoms. The number of rotatable bonds is 5. The molecule has 0 saturated carbocycles. The maximum absolute atomic E-state index is 15.3. The molecule has 1 aromatic heterocycles. The van der Waals surface area contributed by atoms with Gasteiger partial charge in [-0.05, 0) is 41.3 Å². The van der Waals surface area contributed by atoms with Crippen LogP contribution in [0.5, 0.6) is 0 Å². The van der Waals surface area contributed by atoms with E-state index in [0.29, 0.717) is 21.5 Å². The van der Waals surface area contributed by atoms with E-state index in [9.17, 15) is 4.79 Å². The summed E-state index contributed by atoms with van der Waals surface area (Å²) in [6.07, 6.45) is 0.888. The van der Waals surface area contributed by atoms with Crippen molar-refractivity contribution < 1.29 is 13.9 Å². The number of ether oxygens (including phenoxy) is 1. The molecule has 6 heteroatoms. The highest BCUT2D eigenvalue weighted by Gasteiger charge is 2.29. The molecule has 1 atom stereocenters. The van der Waals surface area contributed by atoms with Gasteiger partial charge in [0.2, 0.25) is 0 Å². The zero-order chi connectivity index (χ0) is 23.8. The molecule has 1 amide bonds. The number of hydrogen-bond acceptors (Lipinski definition) is 3. The van der Waals surface area contributed by atoms with E-state index in [-0.39, 0.29) is 18.2 Å². The monoisotopic (exact) mass is 472 g/mol. The number of pyridine rings is 1. The van der Waals surface area contributed by atoms with Crippen LogP contribution in [0.4, 0.5) is 9.18 Å². The number of amides is 1. The van der Waals surface area contributed by atoms with E-state index < -0.39 is 18.0 Å². The molecule has 0 radical (unpaired) electrons. The van der Waals surface area contributed by atoms with Crippen LogP contribution in [-0.2, 0) is 4.74 Å². The highest BCUT2D eigenvalue weighted by atomic mass is 35.5. The second-order valence-corrected chi connectivity index (χ2v) is 8.66. The zero-order valence-corrected chi connectivity index (χ0v) is 19.3. The predicted molar refractivity (Wildman–Crippen MR) is 133 cm³/mol. The molecule has 4 nitrogen and oxygen atoms in total. The quantitative estimate of drug-likeness (QED) is 0.332. The van der Waals surface area contributed by atoms with Gasteiger partial charge in [-0.15, -0.1) is 0 Å². The number of carbonyl (C=O) groups is 1. The Balaban J connectivity index is 1.35. The van der Waals surface area contributed by atoms with E-state index >= 15 is 4.39 Å². The average molecular weight is 473 g/mol.